The number of rotatable bonds is 5. The molecule has 2 aromatic carbocycles. The summed E-state index contributed by atoms with van der Waals surface area (Å²) in [5.74, 6) is 0.765. The quantitative estimate of drug-likeness (QED) is 0.854. The number of carbonyl (C=O) groups excluding carboxylic acids is 1. The Kier molecular flexibility index (Phi) is 4.99. The van der Waals surface area contributed by atoms with Gasteiger partial charge in [0.15, 0.2) is 0 Å². The molecule has 0 aliphatic heterocycles. The van der Waals surface area contributed by atoms with E-state index in [2.05, 4.69) is 5.32 Å². The molecule has 0 fully saturated rings. The lowest BCUT2D eigenvalue weighted by Gasteiger charge is -2.10. The molecule has 0 unspecified atom stereocenters. The van der Waals surface area contributed by atoms with Crippen LogP contribution in [-0.2, 0) is 0 Å². The maximum Gasteiger partial charge on any atom is 0.251 e. The van der Waals surface area contributed by atoms with Crippen LogP contribution in [0, 0.1) is 20.8 Å². The van der Waals surface area contributed by atoms with Crippen molar-refractivity contribution < 1.29 is 9.53 Å². The number of hydrogen-bond acceptors (Lipinski definition) is 2. The highest BCUT2D eigenvalue weighted by Crippen LogP contribution is 2.11. The Morgan fingerprint density at radius 2 is 1.67 bits per heavy atom. The van der Waals surface area contributed by atoms with Crippen LogP contribution in [0.1, 0.15) is 27.0 Å². The van der Waals surface area contributed by atoms with Crippen molar-refractivity contribution in [1.82, 2.24) is 5.32 Å². The summed E-state index contributed by atoms with van der Waals surface area (Å²) in [7, 11) is 0. The first-order chi connectivity index (χ1) is 10.1. The van der Waals surface area contributed by atoms with Crippen LogP contribution < -0.4 is 10.1 Å². The lowest BCUT2D eigenvalue weighted by molar-refractivity contribution is 0.0946. The molecule has 0 radical (unpaired) electrons. The zero-order chi connectivity index (χ0) is 15.2. The largest absolute Gasteiger partial charge is 0.492 e. The van der Waals surface area contributed by atoms with Crippen molar-refractivity contribution in [1.29, 1.82) is 0 Å². The van der Waals surface area contributed by atoms with E-state index in [4.69, 9.17) is 4.74 Å². The Bertz CT molecular complexity index is 618. The van der Waals surface area contributed by atoms with Gasteiger partial charge in [0.25, 0.3) is 5.91 Å². The first-order valence-corrected chi connectivity index (χ1v) is 7.11. The highest BCUT2D eigenvalue weighted by molar-refractivity contribution is 5.95. The molecule has 0 aliphatic rings. The minimum absolute atomic E-state index is 0.0555. The smallest absolute Gasteiger partial charge is 0.251 e. The molecule has 1 N–H and O–H groups in total. The Morgan fingerprint density at radius 3 is 2.33 bits per heavy atom. The second-order valence-corrected chi connectivity index (χ2v) is 5.24. The third kappa shape index (κ3) is 4.35. The second-order valence-electron chi connectivity index (χ2n) is 5.24. The van der Waals surface area contributed by atoms with E-state index in [-0.39, 0.29) is 5.91 Å². The van der Waals surface area contributed by atoms with Crippen molar-refractivity contribution in [3.63, 3.8) is 0 Å². The number of amides is 1. The summed E-state index contributed by atoms with van der Waals surface area (Å²) in [5, 5.41) is 2.88. The zero-order valence-electron chi connectivity index (χ0n) is 12.8. The molecular weight excluding hydrogens is 262 g/mol. The van der Waals surface area contributed by atoms with Gasteiger partial charge in [-0.25, -0.2) is 0 Å². The van der Waals surface area contributed by atoms with Crippen LogP contribution in [0.4, 0.5) is 0 Å². The van der Waals surface area contributed by atoms with Gasteiger partial charge in [-0.15, -0.1) is 0 Å². The van der Waals surface area contributed by atoms with Gasteiger partial charge < -0.3 is 10.1 Å². The number of hydrogen-bond donors (Lipinski definition) is 1. The van der Waals surface area contributed by atoms with Gasteiger partial charge in [0.2, 0.25) is 0 Å². The fourth-order valence-electron chi connectivity index (χ4n) is 2.13. The van der Waals surface area contributed by atoms with E-state index >= 15 is 0 Å². The molecule has 0 saturated heterocycles. The summed E-state index contributed by atoms with van der Waals surface area (Å²) < 4.78 is 5.58. The van der Waals surface area contributed by atoms with Gasteiger partial charge >= 0.3 is 0 Å². The predicted molar refractivity (Wildman–Crippen MR) is 84.9 cm³/mol. The van der Waals surface area contributed by atoms with Crippen LogP contribution >= 0.6 is 0 Å². The number of benzene rings is 2. The molecule has 3 heteroatoms. The fourth-order valence-corrected chi connectivity index (χ4v) is 2.13. The van der Waals surface area contributed by atoms with Crippen molar-refractivity contribution in [2.75, 3.05) is 13.2 Å². The summed E-state index contributed by atoms with van der Waals surface area (Å²) in [6, 6.07) is 13.7. The van der Waals surface area contributed by atoms with E-state index in [0.29, 0.717) is 13.2 Å². The van der Waals surface area contributed by atoms with Gasteiger partial charge in [-0.05, 0) is 44.5 Å². The number of aryl methyl sites for hydroxylation is 3. The molecule has 0 atom stereocenters. The van der Waals surface area contributed by atoms with Crippen LogP contribution in [0.3, 0.4) is 0 Å². The Labute approximate surface area is 126 Å². The van der Waals surface area contributed by atoms with Gasteiger partial charge in [-0.3, -0.25) is 4.79 Å². The van der Waals surface area contributed by atoms with Crippen LogP contribution in [0.15, 0.2) is 42.5 Å². The Morgan fingerprint density at radius 1 is 1.00 bits per heavy atom. The van der Waals surface area contributed by atoms with Crippen molar-refractivity contribution in [3.8, 4) is 5.75 Å². The monoisotopic (exact) mass is 283 g/mol. The Balaban J connectivity index is 1.80. The summed E-state index contributed by atoms with van der Waals surface area (Å²) in [5.41, 5.74) is 4.07. The molecule has 0 aromatic heterocycles. The van der Waals surface area contributed by atoms with Crippen LogP contribution in [0.25, 0.3) is 0 Å². The molecule has 0 spiro atoms. The normalized spacial score (nSPS) is 10.2. The average Bonchev–Trinajstić information content (AvgIpc) is 2.45. The number of carbonyl (C=O) groups is 1. The molecular formula is C18H21NO2. The van der Waals surface area contributed by atoms with Crippen molar-refractivity contribution in [2.45, 2.75) is 20.8 Å². The van der Waals surface area contributed by atoms with Crippen LogP contribution in [-0.4, -0.2) is 19.1 Å². The van der Waals surface area contributed by atoms with Gasteiger partial charge in [0.1, 0.15) is 12.4 Å². The number of ether oxygens (including phenoxy) is 1. The molecule has 2 aromatic rings. The minimum atomic E-state index is -0.0555. The first kappa shape index (κ1) is 15.1. The highest BCUT2D eigenvalue weighted by atomic mass is 16.5. The standard InChI is InChI=1S/C18H21NO2/c1-13-4-7-16(8-5-13)21-11-10-19-18(20)17-9-6-14(2)12-15(17)3/h4-9,12H,10-11H2,1-3H3,(H,19,20). The fraction of sp³-hybridized carbons (Fsp3) is 0.278. The number of nitrogens with one attached hydrogen (secondary N) is 1. The van der Waals surface area contributed by atoms with E-state index in [0.717, 1.165) is 22.4 Å². The average molecular weight is 283 g/mol. The molecule has 1 amide bonds. The van der Waals surface area contributed by atoms with E-state index in [1.807, 2.05) is 63.2 Å². The maximum absolute atomic E-state index is 12.1. The molecule has 110 valence electrons. The SMILES string of the molecule is Cc1ccc(OCCNC(=O)c2ccc(C)cc2C)cc1. The first-order valence-electron chi connectivity index (χ1n) is 7.11. The summed E-state index contributed by atoms with van der Waals surface area (Å²) in [6.45, 7) is 6.95. The molecule has 0 saturated carbocycles. The van der Waals surface area contributed by atoms with Crippen molar-refractivity contribution in [2.24, 2.45) is 0 Å². The minimum Gasteiger partial charge on any atom is -0.492 e. The lowest BCUT2D eigenvalue weighted by atomic mass is 10.1. The maximum atomic E-state index is 12.1. The van der Waals surface area contributed by atoms with Gasteiger partial charge in [0, 0.05) is 5.56 Å². The van der Waals surface area contributed by atoms with E-state index in [9.17, 15) is 4.79 Å². The van der Waals surface area contributed by atoms with E-state index in [1.54, 1.807) is 0 Å². The second kappa shape index (κ2) is 6.93. The summed E-state index contributed by atoms with van der Waals surface area (Å²) in [4.78, 5) is 12.1. The van der Waals surface area contributed by atoms with E-state index < -0.39 is 0 Å². The van der Waals surface area contributed by atoms with E-state index in [1.165, 1.54) is 5.56 Å². The van der Waals surface area contributed by atoms with Gasteiger partial charge in [-0.2, -0.15) is 0 Å². The van der Waals surface area contributed by atoms with Crippen molar-refractivity contribution >= 4 is 5.91 Å². The van der Waals surface area contributed by atoms with Crippen LogP contribution in [0.2, 0.25) is 0 Å². The summed E-state index contributed by atoms with van der Waals surface area (Å²) in [6.07, 6.45) is 0. The zero-order valence-corrected chi connectivity index (χ0v) is 12.8. The molecule has 0 aliphatic carbocycles. The van der Waals surface area contributed by atoms with Gasteiger partial charge in [-0.1, -0.05) is 35.4 Å². The summed E-state index contributed by atoms with van der Waals surface area (Å²) >= 11 is 0. The highest BCUT2D eigenvalue weighted by Gasteiger charge is 2.07. The Hall–Kier alpha value is -2.29. The molecule has 0 heterocycles. The molecule has 21 heavy (non-hydrogen) atoms. The third-order valence-corrected chi connectivity index (χ3v) is 3.30. The van der Waals surface area contributed by atoms with Gasteiger partial charge in [0.05, 0.1) is 6.54 Å². The third-order valence-electron chi connectivity index (χ3n) is 3.30. The molecule has 0 bridgehead atoms. The van der Waals surface area contributed by atoms with Crippen LogP contribution in [0.5, 0.6) is 5.75 Å². The van der Waals surface area contributed by atoms with Crippen molar-refractivity contribution in [3.05, 3.63) is 64.7 Å². The lowest BCUT2D eigenvalue weighted by Crippen LogP contribution is -2.28. The molecule has 3 nitrogen and oxygen atoms in total. The molecule has 2 rings (SSSR count). The predicted octanol–water partition coefficient (Wildman–Crippen LogP) is 3.42. The topological polar surface area (TPSA) is 38.3 Å².